The Balaban J connectivity index is 2.04. The maximum atomic E-state index is 12.0. The number of ketones is 1. The van der Waals surface area contributed by atoms with E-state index in [2.05, 4.69) is 41.4 Å². The average Bonchev–Trinajstić information content (AvgIpc) is 2.59. The second-order valence-electron chi connectivity index (χ2n) is 5.54. The van der Waals surface area contributed by atoms with E-state index in [1.807, 2.05) is 31.3 Å². The first-order chi connectivity index (χ1) is 10.8. The van der Waals surface area contributed by atoms with Gasteiger partial charge in [0.2, 0.25) is 0 Å². The number of hydrogen-bond acceptors (Lipinski definition) is 2. The molecule has 2 nitrogen and oxygen atoms in total. The average molecular weight is 289 g/mol. The van der Waals surface area contributed by atoms with Crippen LogP contribution in [-0.2, 0) is 4.79 Å². The van der Waals surface area contributed by atoms with Crippen LogP contribution in [0.3, 0.4) is 0 Å². The lowest BCUT2D eigenvalue weighted by Gasteiger charge is -2.17. The van der Waals surface area contributed by atoms with Gasteiger partial charge < -0.3 is 0 Å². The molecule has 110 valence electrons. The molecule has 0 aliphatic rings. The number of benzene rings is 2. The standard InChI is InChI=1S/C20H19NO/c1-2-19(22)13-20(18-8-5-11-21-14-18)17-10-9-15-6-3-4-7-16(15)12-17/h3-12,14,20H,2,13H2,1H3. The molecule has 0 aliphatic heterocycles. The Hall–Kier alpha value is -2.48. The summed E-state index contributed by atoms with van der Waals surface area (Å²) in [7, 11) is 0. The lowest BCUT2D eigenvalue weighted by atomic mass is 9.86. The first-order valence-corrected chi connectivity index (χ1v) is 7.68. The minimum absolute atomic E-state index is 0.0748. The number of aromatic nitrogens is 1. The van der Waals surface area contributed by atoms with Crippen molar-refractivity contribution >= 4 is 16.6 Å². The molecule has 0 spiro atoms. The Labute approximate surface area is 130 Å². The van der Waals surface area contributed by atoms with Crippen LogP contribution in [0.5, 0.6) is 0 Å². The zero-order chi connectivity index (χ0) is 15.4. The second kappa shape index (κ2) is 6.52. The molecular weight excluding hydrogens is 270 g/mol. The molecule has 1 aromatic heterocycles. The van der Waals surface area contributed by atoms with Crippen LogP contribution in [0.1, 0.15) is 36.8 Å². The van der Waals surface area contributed by atoms with Crippen LogP contribution >= 0.6 is 0 Å². The van der Waals surface area contributed by atoms with E-state index < -0.39 is 0 Å². The molecule has 0 bridgehead atoms. The number of hydrogen-bond donors (Lipinski definition) is 0. The van der Waals surface area contributed by atoms with Gasteiger partial charge in [0.05, 0.1) is 0 Å². The van der Waals surface area contributed by atoms with Crippen LogP contribution < -0.4 is 0 Å². The Morgan fingerprint density at radius 1 is 1.00 bits per heavy atom. The van der Waals surface area contributed by atoms with Gasteiger partial charge in [-0.25, -0.2) is 0 Å². The van der Waals surface area contributed by atoms with E-state index >= 15 is 0 Å². The summed E-state index contributed by atoms with van der Waals surface area (Å²) in [6, 6.07) is 18.7. The molecule has 3 aromatic rings. The molecule has 0 radical (unpaired) electrons. The molecule has 22 heavy (non-hydrogen) atoms. The van der Waals surface area contributed by atoms with Gasteiger partial charge in [-0.1, -0.05) is 55.5 Å². The van der Waals surface area contributed by atoms with Crippen LogP contribution in [-0.4, -0.2) is 10.8 Å². The minimum atomic E-state index is 0.0748. The summed E-state index contributed by atoms with van der Waals surface area (Å²) in [5.41, 5.74) is 2.27. The Bertz CT molecular complexity index is 780. The lowest BCUT2D eigenvalue weighted by molar-refractivity contribution is -0.118. The van der Waals surface area contributed by atoms with Gasteiger partial charge in [0, 0.05) is 31.2 Å². The van der Waals surface area contributed by atoms with E-state index in [4.69, 9.17) is 0 Å². The summed E-state index contributed by atoms with van der Waals surface area (Å²) in [6.07, 6.45) is 4.73. The smallest absolute Gasteiger partial charge is 0.133 e. The highest BCUT2D eigenvalue weighted by Crippen LogP contribution is 2.30. The van der Waals surface area contributed by atoms with E-state index in [1.165, 1.54) is 16.3 Å². The molecule has 0 aliphatic carbocycles. The highest BCUT2D eigenvalue weighted by atomic mass is 16.1. The summed E-state index contributed by atoms with van der Waals surface area (Å²) in [4.78, 5) is 16.2. The molecule has 1 heterocycles. The maximum absolute atomic E-state index is 12.0. The van der Waals surface area contributed by atoms with E-state index in [0.717, 1.165) is 5.56 Å². The summed E-state index contributed by atoms with van der Waals surface area (Å²) in [5.74, 6) is 0.354. The Morgan fingerprint density at radius 2 is 1.82 bits per heavy atom. The van der Waals surface area contributed by atoms with Crippen molar-refractivity contribution in [3.8, 4) is 0 Å². The van der Waals surface area contributed by atoms with E-state index in [9.17, 15) is 4.79 Å². The molecule has 3 rings (SSSR count). The van der Waals surface area contributed by atoms with Gasteiger partial charge in [-0.3, -0.25) is 9.78 Å². The van der Waals surface area contributed by atoms with E-state index in [0.29, 0.717) is 12.8 Å². The van der Waals surface area contributed by atoms with Crippen molar-refractivity contribution in [1.82, 2.24) is 4.98 Å². The summed E-state index contributed by atoms with van der Waals surface area (Å²) in [6.45, 7) is 1.92. The van der Waals surface area contributed by atoms with Crippen molar-refractivity contribution in [2.45, 2.75) is 25.7 Å². The zero-order valence-corrected chi connectivity index (χ0v) is 12.7. The van der Waals surface area contributed by atoms with Crippen molar-refractivity contribution in [2.24, 2.45) is 0 Å². The lowest BCUT2D eigenvalue weighted by Crippen LogP contribution is -2.08. The molecule has 1 unspecified atom stereocenters. The Morgan fingerprint density at radius 3 is 2.55 bits per heavy atom. The topological polar surface area (TPSA) is 30.0 Å². The first kappa shape index (κ1) is 14.5. The summed E-state index contributed by atoms with van der Waals surface area (Å²) >= 11 is 0. The first-order valence-electron chi connectivity index (χ1n) is 7.68. The molecular formula is C20H19NO. The normalized spacial score (nSPS) is 12.2. The number of nitrogens with zero attached hydrogens (tertiary/aromatic N) is 1. The van der Waals surface area contributed by atoms with E-state index in [1.54, 1.807) is 6.20 Å². The number of pyridine rings is 1. The SMILES string of the molecule is CCC(=O)CC(c1cccnc1)c1ccc2ccccc2c1. The fourth-order valence-electron chi connectivity index (χ4n) is 2.81. The van der Waals surface area contributed by atoms with Crippen LogP contribution in [0, 0.1) is 0 Å². The van der Waals surface area contributed by atoms with Gasteiger partial charge in [0.15, 0.2) is 0 Å². The molecule has 0 fully saturated rings. The number of rotatable bonds is 5. The van der Waals surface area contributed by atoms with Crippen LogP contribution in [0.15, 0.2) is 67.0 Å². The number of fused-ring (bicyclic) bond motifs is 1. The van der Waals surface area contributed by atoms with Crippen LogP contribution in [0.25, 0.3) is 10.8 Å². The molecule has 0 N–H and O–H groups in total. The highest BCUT2D eigenvalue weighted by Gasteiger charge is 2.18. The third-order valence-electron chi connectivity index (χ3n) is 4.09. The molecule has 1 atom stereocenters. The number of carbonyl (C=O) groups is 1. The number of carbonyl (C=O) groups excluding carboxylic acids is 1. The predicted octanol–water partition coefficient (Wildman–Crippen LogP) is 4.74. The van der Waals surface area contributed by atoms with Crippen molar-refractivity contribution in [3.05, 3.63) is 78.1 Å². The van der Waals surface area contributed by atoms with Crippen molar-refractivity contribution < 1.29 is 4.79 Å². The Kier molecular flexibility index (Phi) is 4.29. The van der Waals surface area contributed by atoms with Crippen LogP contribution in [0.2, 0.25) is 0 Å². The van der Waals surface area contributed by atoms with E-state index in [-0.39, 0.29) is 11.7 Å². The quantitative estimate of drug-likeness (QED) is 0.679. The highest BCUT2D eigenvalue weighted by molar-refractivity contribution is 5.84. The van der Waals surface area contributed by atoms with Gasteiger partial charge in [0.1, 0.15) is 5.78 Å². The van der Waals surface area contributed by atoms with Crippen LogP contribution in [0.4, 0.5) is 0 Å². The predicted molar refractivity (Wildman–Crippen MR) is 89.9 cm³/mol. The summed E-state index contributed by atoms with van der Waals surface area (Å²) in [5, 5.41) is 2.43. The largest absolute Gasteiger partial charge is 0.300 e. The third kappa shape index (κ3) is 3.06. The minimum Gasteiger partial charge on any atom is -0.300 e. The molecule has 2 aromatic carbocycles. The molecule has 0 saturated heterocycles. The van der Waals surface area contributed by atoms with Crippen molar-refractivity contribution in [3.63, 3.8) is 0 Å². The summed E-state index contributed by atoms with van der Waals surface area (Å²) < 4.78 is 0. The molecule has 2 heteroatoms. The number of Topliss-reactive ketones (excluding diaryl/α,β-unsaturated/α-hetero) is 1. The monoisotopic (exact) mass is 289 g/mol. The van der Waals surface area contributed by atoms with Crippen molar-refractivity contribution in [2.75, 3.05) is 0 Å². The van der Waals surface area contributed by atoms with Gasteiger partial charge in [-0.15, -0.1) is 0 Å². The van der Waals surface area contributed by atoms with Gasteiger partial charge in [-0.05, 0) is 28.0 Å². The van der Waals surface area contributed by atoms with Gasteiger partial charge in [-0.2, -0.15) is 0 Å². The fourth-order valence-corrected chi connectivity index (χ4v) is 2.81. The van der Waals surface area contributed by atoms with Crippen molar-refractivity contribution in [1.29, 1.82) is 0 Å². The zero-order valence-electron chi connectivity index (χ0n) is 12.7. The second-order valence-corrected chi connectivity index (χ2v) is 5.54. The fraction of sp³-hybridized carbons (Fsp3) is 0.200. The van der Waals surface area contributed by atoms with Gasteiger partial charge >= 0.3 is 0 Å². The maximum Gasteiger partial charge on any atom is 0.133 e. The van der Waals surface area contributed by atoms with Gasteiger partial charge in [0.25, 0.3) is 0 Å². The third-order valence-corrected chi connectivity index (χ3v) is 4.09. The molecule has 0 saturated carbocycles. The molecule has 0 amide bonds.